The smallest absolute Gasteiger partial charge is 0.259 e. The first-order valence-electron chi connectivity index (χ1n) is 4.95. The van der Waals surface area contributed by atoms with Crippen molar-refractivity contribution in [1.29, 1.82) is 0 Å². The van der Waals surface area contributed by atoms with Crippen LogP contribution in [-0.4, -0.2) is 20.2 Å². The summed E-state index contributed by atoms with van der Waals surface area (Å²) in [7, 11) is 0. The highest BCUT2D eigenvalue weighted by atomic mass is 16.1. The molecule has 0 bridgehead atoms. The first-order valence-corrected chi connectivity index (χ1v) is 4.95. The molecule has 0 aliphatic heterocycles. The number of hydrogen-bond acceptors (Lipinski definition) is 3. The summed E-state index contributed by atoms with van der Waals surface area (Å²) < 4.78 is 0. The van der Waals surface area contributed by atoms with Gasteiger partial charge < -0.3 is 4.98 Å². The van der Waals surface area contributed by atoms with E-state index in [1.807, 2.05) is 0 Å². The fourth-order valence-electron chi connectivity index (χ4n) is 1.53. The molecule has 1 fully saturated rings. The van der Waals surface area contributed by atoms with Crippen LogP contribution in [0.3, 0.4) is 0 Å². The van der Waals surface area contributed by atoms with Crippen molar-refractivity contribution in [2.45, 2.75) is 18.8 Å². The van der Waals surface area contributed by atoms with E-state index in [9.17, 15) is 4.79 Å². The van der Waals surface area contributed by atoms with Gasteiger partial charge in [0.15, 0.2) is 5.82 Å². The van der Waals surface area contributed by atoms with Crippen molar-refractivity contribution in [2.24, 2.45) is 0 Å². The standard InChI is InChI=1S/C10H10N4O/c15-10-7(2-1-5-11-10)9-12-8(13-14-9)6-3-4-6/h1-2,5-6H,3-4H2,(H,11,15)(H,12,13,14). The molecular weight excluding hydrogens is 192 g/mol. The lowest BCUT2D eigenvalue weighted by Crippen LogP contribution is -2.07. The van der Waals surface area contributed by atoms with Gasteiger partial charge in [-0.2, -0.15) is 5.10 Å². The molecule has 0 atom stereocenters. The van der Waals surface area contributed by atoms with Crippen LogP contribution in [0.25, 0.3) is 11.4 Å². The molecule has 0 saturated heterocycles. The van der Waals surface area contributed by atoms with Crippen molar-refractivity contribution >= 4 is 0 Å². The predicted molar refractivity (Wildman–Crippen MR) is 54.4 cm³/mol. The topological polar surface area (TPSA) is 74.4 Å². The third-order valence-electron chi connectivity index (χ3n) is 2.53. The maximum absolute atomic E-state index is 11.5. The molecule has 2 N–H and O–H groups in total. The van der Waals surface area contributed by atoms with Crippen LogP contribution < -0.4 is 5.56 Å². The molecule has 0 spiro atoms. The Morgan fingerprint density at radius 2 is 2.27 bits per heavy atom. The van der Waals surface area contributed by atoms with Crippen molar-refractivity contribution in [3.63, 3.8) is 0 Å². The molecule has 3 rings (SSSR count). The number of nitrogens with zero attached hydrogens (tertiary/aromatic N) is 2. The number of aromatic amines is 2. The van der Waals surface area contributed by atoms with Crippen LogP contribution in [0.2, 0.25) is 0 Å². The fraction of sp³-hybridized carbons (Fsp3) is 0.300. The summed E-state index contributed by atoms with van der Waals surface area (Å²) in [6.45, 7) is 0. The van der Waals surface area contributed by atoms with Gasteiger partial charge in [-0.3, -0.25) is 9.89 Å². The van der Waals surface area contributed by atoms with Crippen molar-refractivity contribution in [3.8, 4) is 11.4 Å². The summed E-state index contributed by atoms with van der Waals surface area (Å²) in [5.41, 5.74) is 0.361. The molecule has 2 heterocycles. The molecule has 1 aliphatic rings. The lowest BCUT2D eigenvalue weighted by molar-refractivity contribution is 0.935. The normalized spacial score (nSPS) is 15.5. The Balaban J connectivity index is 2.05. The van der Waals surface area contributed by atoms with E-state index in [0.717, 1.165) is 5.82 Å². The van der Waals surface area contributed by atoms with Gasteiger partial charge in [-0.05, 0) is 25.0 Å². The fourth-order valence-corrected chi connectivity index (χ4v) is 1.53. The Labute approximate surface area is 85.6 Å². The van der Waals surface area contributed by atoms with Gasteiger partial charge in [-0.15, -0.1) is 0 Å². The van der Waals surface area contributed by atoms with E-state index in [0.29, 0.717) is 17.3 Å². The van der Waals surface area contributed by atoms with Crippen molar-refractivity contribution in [1.82, 2.24) is 20.2 Å². The van der Waals surface area contributed by atoms with Gasteiger partial charge in [0.2, 0.25) is 0 Å². The molecule has 1 aliphatic carbocycles. The first-order chi connectivity index (χ1) is 7.34. The van der Waals surface area contributed by atoms with Gasteiger partial charge in [0.25, 0.3) is 5.56 Å². The van der Waals surface area contributed by atoms with Crippen LogP contribution in [0.5, 0.6) is 0 Å². The molecule has 15 heavy (non-hydrogen) atoms. The van der Waals surface area contributed by atoms with Crippen LogP contribution >= 0.6 is 0 Å². The maximum Gasteiger partial charge on any atom is 0.259 e. The van der Waals surface area contributed by atoms with E-state index in [2.05, 4.69) is 20.2 Å². The summed E-state index contributed by atoms with van der Waals surface area (Å²) in [6.07, 6.45) is 3.93. The summed E-state index contributed by atoms with van der Waals surface area (Å²) in [5.74, 6) is 1.90. The monoisotopic (exact) mass is 202 g/mol. The zero-order valence-corrected chi connectivity index (χ0v) is 8.03. The summed E-state index contributed by atoms with van der Waals surface area (Å²) in [6, 6.07) is 3.49. The Morgan fingerprint density at radius 3 is 3.00 bits per heavy atom. The van der Waals surface area contributed by atoms with Crippen LogP contribution in [0.4, 0.5) is 0 Å². The quantitative estimate of drug-likeness (QED) is 0.764. The lowest BCUT2D eigenvalue weighted by atomic mass is 10.3. The van der Waals surface area contributed by atoms with Gasteiger partial charge in [0, 0.05) is 12.1 Å². The Morgan fingerprint density at radius 1 is 1.40 bits per heavy atom. The second kappa shape index (κ2) is 3.05. The molecule has 0 unspecified atom stereocenters. The van der Waals surface area contributed by atoms with Crippen LogP contribution in [0.1, 0.15) is 24.6 Å². The molecule has 0 radical (unpaired) electrons. The highest BCUT2D eigenvalue weighted by molar-refractivity contribution is 5.52. The Hall–Kier alpha value is -1.91. The molecule has 2 aromatic rings. The van der Waals surface area contributed by atoms with Gasteiger partial charge in [-0.25, -0.2) is 4.98 Å². The zero-order chi connectivity index (χ0) is 10.3. The number of aromatic nitrogens is 4. The number of rotatable bonds is 2. The maximum atomic E-state index is 11.5. The molecule has 76 valence electrons. The molecule has 0 amide bonds. The lowest BCUT2D eigenvalue weighted by Gasteiger charge is -1.91. The summed E-state index contributed by atoms with van der Waals surface area (Å²) in [4.78, 5) is 18.4. The second-order valence-electron chi connectivity index (χ2n) is 3.73. The highest BCUT2D eigenvalue weighted by Crippen LogP contribution is 2.38. The highest BCUT2D eigenvalue weighted by Gasteiger charge is 2.27. The van der Waals surface area contributed by atoms with Crippen LogP contribution in [0, 0.1) is 0 Å². The Bertz CT molecular complexity index is 538. The predicted octanol–water partition coefficient (Wildman–Crippen LogP) is 1.04. The summed E-state index contributed by atoms with van der Waals surface area (Å²) >= 11 is 0. The second-order valence-corrected chi connectivity index (χ2v) is 3.73. The minimum atomic E-state index is -0.154. The minimum Gasteiger partial charge on any atom is -0.328 e. The number of H-pyrrole nitrogens is 2. The molecule has 5 nitrogen and oxygen atoms in total. The molecule has 0 aromatic carbocycles. The van der Waals surface area contributed by atoms with Gasteiger partial charge >= 0.3 is 0 Å². The molecule has 1 saturated carbocycles. The number of nitrogens with one attached hydrogen (secondary N) is 2. The summed E-state index contributed by atoms with van der Waals surface area (Å²) in [5, 5.41) is 6.93. The first kappa shape index (κ1) is 8.40. The van der Waals surface area contributed by atoms with E-state index in [-0.39, 0.29) is 5.56 Å². The molecule has 5 heteroatoms. The average molecular weight is 202 g/mol. The third kappa shape index (κ3) is 1.45. The van der Waals surface area contributed by atoms with Gasteiger partial charge in [0.05, 0.1) is 5.56 Å². The number of pyridine rings is 1. The molecule has 2 aromatic heterocycles. The van der Waals surface area contributed by atoms with Crippen molar-refractivity contribution in [2.75, 3.05) is 0 Å². The van der Waals surface area contributed by atoms with E-state index < -0.39 is 0 Å². The van der Waals surface area contributed by atoms with Crippen molar-refractivity contribution in [3.05, 3.63) is 34.5 Å². The number of hydrogen-bond donors (Lipinski definition) is 2. The third-order valence-corrected chi connectivity index (χ3v) is 2.53. The van der Waals surface area contributed by atoms with E-state index >= 15 is 0 Å². The molecular formula is C10H10N4O. The zero-order valence-electron chi connectivity index (χ0n) is 8.03. The SMILES string of the molecule is O=c1[nH]cccc1-c1n[nH]c(C2CC2)n1. The Kier molecular flexibility index (Phi) is 1.71. The minimum absolute atomic E-state index is 0.154. The van der Waals surface area contributed by atoms with Crippen LogP contribution in [0.15, 0.2) is 23.1 Å². The van der Waals surface area contributed by atoms with E-state index in [1.54, 1.807) is 18.3 Å². The van der Waals surface area contributed by atoms with E-state index in [4.69, 9.17) is 0 Å². The largest absolute Gasteiger partial charge is 0.328 e. The van der Waals surface area contributed by atoms with Crippen LogP contribution in [-0.2, 0) is 0 Å². The van der Waals surface area contributed by atoms with Gasteiger partial charge in [-0.1, -0.05) is 0 Å². The van der Waals surface area contributed by atoms with Gasteiger partial charge in [0.1, 0.15) is 5.82 Å². The van der Waals surface area contributed by atoms with Crippen molar-refractivity contribution < 1.29 is 0 Å². The van der Waals surface area contributed by atoms with E-state index in [1.165, 1.54) is 12.8 Å². The average Bonchev–Trinajstić information content (AvgIpc) is 2.99.